The first-order chi connectivity index (χ1) is 9.81. The minimum atomic E-state index is -3.94. The van der Waals surface area contributed by atoms with Crippen LogP contribution in [0.1, 0.15) is 19.3 Å². The van der Waals surface area contributed by atoms with Crippen molar-refractivity contribution in [2.45, 2.75) is 25.3 Å². The summed E-state index contributed by atoms with van der Waals surface area (Å²) in [6, 6.07) is 3.60. The van der Waals surface area contributed by atoms with Crippen molar-refractivity contribution in [2.24, 2.45) is 0 Å². The highest BCUT2D eigenvalue weighted by Crippen LogP contribution is 2.28. The van der Waals surface area contributed by atoms with Gasteiger partial charge in [0.15, 0.2) is 0 Å². The fourth-order valence-electron chi connectivity index (χ4n) is 2.21. The molecule has 1 aromatic carbocycles. The number of nitrogens with zero attached hydrogens (tertiary/aromatic N) is 1. The number of hydrogen-bond donors (Lipinski definition) is 2. The van der Waals surface area contributed by atoms with Crippen LogP contribution in [0.15, 0.2) is 22.7 Å². The van der Waals surface area contributed by atoms with E-state index in [-0.39, 0.29) is 6.54 Å². The van der Waals surface area contributed by atoms with Gasteiger partial charge in [0.25, 0.3) is 0 Å². The Hall–Kier alpha value is -0.830. The van der Waals surface area contributed by atoms with Crippen molar-refractivity contribution in [3.63, 3.8) is 0 Å². The number of carboxylic acid groups (broad SMARTS) is 1. The molecule has 21 heavy (non-hydrogen) atoms. The molecule has 1 unspecified atom stereocenters. The third kappa shape index (κ3) is 3.88. The van der Waals surface area contributed by atoms with E-state index in [1.54, 1.807) is 12.1 Å². The Morgan fingerprint density at radius 1 is 1.43 bits per heavy atom. The van der Waals surface area contributed by atoms with Crippen LogP contribution in [0.3, 0.4) is 0 Å². The Kier molecular flexibility index (Phi) is 5.13. The number of piperidine rings is 1. The van der Waals surface area contributed by atoms with Gasteiger partial charge in [-0.15, -0.1) is 0 Å². The van der Waals surface area contributed by atoms with Gasteiger partial charge in [-0.3, -0.25) is 9.52 Å². The summed E-state index contributed by atoms with van der Waals surface area (Å²) in [5, 5.41) is 9.63. The van der Waals surface area contributed by atoms with E-state index < -0.39 is 22.2 Å². The number of rotatable bonds is 4. The Labute approximate surface area is 136 Å². The van der Waals surface area contributed by atoms with Crippen LogP contribution in [-0.4, -0.2) is 36.4 Å². The van der Waals surface area contributed by atoms with Gasteiger partial charge in [-0.25, -0.2) is 0 Å². The Morgan fingerprint density at radius 2 is 2.14 bits per heavy atom. The van der Waals surface area contributed by atoms with Crippen molar-refractivity contribution >= 4 is 49.4 Å². The number of hydrogen-bond acceptors (Lipinski definition) is 3. The molecule has 0 spiro atoms. The summed E-state index contributed by atoms with van der Waals surface area (Å²) < 4.78 is 28.7. The molecule has 116 valence electrons. The van der Waals surface area contributed by atoms with E-state index in [4.69, 9.17) is 16.7 Å². The SMILES string of the molecule is O=C(O)C1CCCCN1S(=O)(=O)Nc1ccc(Cl)cc1Br. The Balaban J connectivity index is 2.26. The minimum absolute atomic E-state index is 0.192. The molecular formula is C12H14BrClN2O4S. The molecule has 1 fully saturated rings. The normalized spacial score (nSPS) is 20.2. The zero-order chi connectivity index (χ0) is 15.6. The fraction of sp³-hybridized carbons (Fsp3) is 0.417. The smallest absolute Gasteiger partial charge is 0.322 e. The standard InChI is InChI=1S/C12H14BrClN2O4S/c13-9-7-8(14)4-5-10(9)15-21(19,20)16-6-2-1-3-11(16)12(17)18/h4-5,7,11,15H,1-3,6H2,(H,17,18). The second kappa shape index (κ2) is 6.51. The fourth-order valence-corrected chi connectivity index (χ4v) is 4.60. The van der Waals surface area contributed by atoms with Gasteiger partial charge in [-0.2, -0.15) is 12.7 Å². The summed E-state index contributed by atoms with van der Waals surface area (Å²) in [4.78, 5) is 11.2. The maximum absolute atomic E-state index is 12.4. The molecule has 0 saturated carbocycles. The van der Waals surface area contributed by atoms with Crippen molar-refractivity contribution in [2.75, 3.05) is 11.3 Å². The number of halogens is 2. The summed E-state index contributed by atoms with van der Waals surface area (Å²) in [5.74, 6) is -1.13. The second-order valence-corrected chi connectivity index (χ2v) is 7.61. The van der Waals surface area contributed by atoms with Gasteiger partial charge in [0, 0.05) is 16.0 Å². The highest BCUT2D eigenvalue weighted by Gasteiger charge is 2.36. The van der Waals surface area contributed by atoms with Crippen molar-refractivity contribution < 1.29 is 18.3 Å². The van der Waals surface area contributed by atoms with Gasteiger partial charge in [-0.1, -0.05) is 11.6 Å². The highest BCUT2D eigenvalue weighted by atomic mass is 79.9. The van der Waals surface area contributed by atoms with Crippen LogP contribution < -0.4 is 4.72 Å². The summed E-state index contributed by atoms with van der Waals surface area (Å²) >= 11 is 9.03. The summed E-state index contributed by atoms with van der Waals surface area (Å²) in [6.45, 7) is 0.192. The number of aliphatic carboxylic acids is 1. The lowest BCUT2D eigenvalue weighted by molar-refractivity contribution is -0.142. The molecule has 1 aliphatic heterocycles. The second-order valence-electron chi connectivity index (χ2n) is 4.69. The van der Waals surface area contributed by atoms with Gasteiger partial charge >= 0.3 is 16.2 Å². The molecule has 1 aromatic rings. The van der Waals surface area contributed by atoms with Crippen LogP contribution in [0.4, 0.5) is 5.69 Å². The lowest BCUT2D eigenvalue weighted by Gasteiger charge is -2.32. The summed E-state index contributed by atoms with van der Waals surface area (Å²) in [7, 11) is -3.94. The third-order valence-corrected chi connectivity index (χ3v) is 5.64. The number of anilines is 1. The van der Waals surface area contributed by atoms with E-state index >= 15 is 0 Å². The zero-order valence-electron chi connectivity index (χ0n) is 10.9. The highest BCUT2D eigenvalue weighted by molar-refractivity contribution is 9.10. The first-order valence-electron chi connectivity index (χ1n) is 6.29. The van der Waals surface area contributed by atoms with Crippen LogP contribution in [0.2, 0.25) is 5.02 Å². The van der Waals surface area contributed by atoms with E-state index in [2.05, 4.69) is 20.7 Å². The molecule has 1 aliphatic rings. The van der Waals surface area contributed by atoms with Gasteiger partial charge in [0.05, 0.1) is 5.69 Å². The van der Waals surface area contributed by atoms with Crippen LogP contribution in [-0.2, 0) is 15.0 Å². The number of carboxylic acids is 1. The van der Waals surface area contributed by atoms with Gasteiger partial charge in [-0.05, 0) is 53.4 Å². The Bertz CT molecular complexity index is 653. The van der Waals surface area contributed by atoms with E-state index in [1.807, 2.05) is 0 Å². The largest absolute Gasteiger partial charge is 0.480 e. The lowest BCUT2D eigenvalue weighted by atomic mass is 10.1. The first-order valence-corrected chi connectivity index (χ1v) is 8.90. The van der Waals surface area contributed by atoms with E-state index in [0.717, 1.165) is 4.31 Å². The topological polar surface area (TPSA) is 86.7 Å². The van der Waals surface area contributed by atoms with Gasteiger partial charge < -0.3 is 5.11 Å². The van der Waals surface area contributed by atoms with E-state index in [1.165, 1.54) is 6.07 Å². The molecule has 0 bridgehead atoms. The predicted molar refractivity (Wildman–Crippen MR) is 83.7 cm³/mol. The van der Waals surface area contributed by atoms with Gasteiger partial charge in [0.2, 0.25) is 0 Å². The molecule has 1 saturated heterocycles. The predicted octanol–water partition coefficient (Wildman–Crippen LogP) is 2.70. The van der Waals surface area contributed by atoms with Crippen molar-refractivity contribution in [1.82, 2.24) is 4.31 Å². The maximum atomic E-state index is 12.4. The molecule has 1 heterocycles. The minimum Gasteiger partial charge on any atom is -0.480 e. The molecule has 0 aliphatic carbocycles. The Morgan fingerprint density at radius 3 is 2.76 bits per heavy atom. The quantitative estimate of drug-likeness (QED) is 0.818. The molecule has 1 atom stereocenters. The number of nitrogens with one attached hydrogen (secondary N) is 1. The molecule has 6 nitrogen and oxygen atoms in total. The average Bonchev–Trinajstić information content (AvgIpc) is 2.42. The number of benzene rings is 1. The van der Waals surface area contributed by atoms with E-state index in [0.29, 0.717) is 34.4 Å². The first kappa shape index (κ1) is 16.5. The monoisotopic (exact) mass is 396 g/mol. The van der Waals surface area contributed by atoms with Crippen LogP contribution in [0, 0.1) is 0 Å². The third-order valence-electron chi connectivity index (χ3n) is 3.22. The van der Waals surface area contributed by atoms with Crippen LogP contribution in [0.25, 0.3) is 0 Å². The molecule has 0 amide bonds. The molecule has 0 radical (unpaired) electrons. The zero-order valence-corrected chi connectivity index (χ0v) is 14.1. The average molecular weight is 398 g/mol. The van der Waals surface area contributed by atoms with E-state index in [9.17, 15) is 13.2 Å². The molecule has 2 N–H and O–H groups in total. The van der Waals surface area contributed by atoms with Crippen molar-refractivity contribution in [3.8, 4) is 0 Å². The van der Waals surface area contributed by atoms with Gasteiger partial charge in [0.1, 0.15) is 6.04 Å². The molecular weight excluding hydrogens is 384 g/mol. The summed E-state index contributed by atoms with van der Waals surface area (Å²) in [5.41, 5.74) is 0.314. The molecule has 0 aromatic heterocycles. The van der Waals surface area contributed by atoms with Crippen molar-refractivity contribution in [1.29, 1.82) is 0 Å². The molecule has 9 heteroatoms. The van der Waals surface area contributed by atoms with Crippen LogP contribution >= 0.6 is 27.5 Å². The molecule has 2 rings (SSSR count). The number of carbonyl (C=O) groups is 1. The van der Waals surface area contributed by atoms with Crippen LogP contribution in [0.5, 0.6) is 0 Å². The van der Waals surface area contributed by atoms with Crippen molar-refractivity contribution in [3.05, 3.63) is 27.7 Å². The lowest BCUT2D eigenvalue weighted by Crippen LogP contribution is -2.49. The summed E-state index contributed by atoms with van der Waals surface area (Å²) in [6.07, 6.45) is 1.66. The maximum Gasteiger partial charge on any atom is 0.322 e.